The van der Waals surface area contributed by atoms with Crippen molar-refractivity contribution in [2.75, 3.05) is 11.9 Å². The van der Waals surface area contributed by atoms with Gasteiger partial charge in [-0.1, -0.05) is 23.2 Å². The maximum atomic E-state index is 12.1. The number of likely N-dealkylation sites (tertiary alicyclic amines) is 1. The molecular formula is C13H14Cl2N2O3. The van der Waals surface area contributed by atoms with Gasteiger partial charge in [0.15, 0.2) is 0 Å². The van der Waals surface area contributed by atoms with E-state index in [2.05, 4.69) is 5.32 Å². The van der Waals surface area contributed by atoms with Crippen LogP contribution in [0, 0.1) is 6.92 Å². The van der Waals surface area contributed by atoms with Crippen molar-refractivity contribution < 1.29 is 14.7 Å². The Morgan fingerprint density at radius 2 is 2.05 bits per heavy atom. The summed E-state index contributed by atoms with van der Waals surface area (Å²) in [6, 6.07) is 1.95. The highest BCUT2D eigenvalue weighted by Gasteiger charge is 2.34. The van der Waals surface area contributed by atoms with Gasteiger partial charge in [-0.05, 0) is 37.5 Å². The van der Waals surface area contributed by atoms with Gasteiger partial charge in [0.25, 0.3) is 0 Å². The molecule has 0 aromatic heterocycles. The van der Waals surface area contributed by atoms with Gasteiger partial charge in [-0.3, -0.25) is 0 Å². The van der Waals surface area contributed by atoms with E-state index in [1.807, 2.05) is 0 Å². The number of aryl methyl sites for hydroxylation is 1. The topological polar surface area (TPSA) is 69.6 Å². The molecule has 7 heteroatoms. The van der Waals surface area contributed by atoms with Crippen molar-refractivity contribution in [2.45, 2.75) is 25.8 Å². The third kappa shape index (κ3) is 2.99. The molecule has 0 radical (unpaired) electrons. The van der Waals surface area contributed by atoms with E-state index < -0.39 is 18.0 Å². The van der Waals surface area contributed by atoms with E-state index >= 15 is 0 Å². The molecule has 1 aliphatic heterocycles. The van der Waals surface area contributed by atoms with Gasteiger partial charge in [-0.25, -0.2) is 9.59 Å². The zero-order chi connectivity index (χ0) is 14.9. The number of amides is 2. The smallest absolute Gasteiger partial charge is 0.326 e. The summed E-state index contributed by atoms with van der Waals surface area (Å²) in [4.78, 5) is 24.5. The lowest BCUT2D eigenvalue weighted by Gasteiger charge is -2.22. The van der Waals surface area contributed by atoms with Crippen LogP contribution in [0.2, 0.25) is 10.0 Å². The van der Waals surface area contributed by atoms with E-state index in [0.717, 1.165) is 5.56 Å². The van der Waals surface area contributed by atoms with Crippen LogP contribution in [-0.2, 0) is 4.79 Å². The van der Waals surface area contributed by atoms with Gasteiger partial charge < -0.3 is 15.3 Å². The first-order valence-corrected chi connectivity index (χ1v) is 6.92. The molecule has 0 aliphatic carbocycles. The van der Waals surface area contributed by atoms with E-state index in [1.165, 1.54) is 4.90 Å². The Morgan fingerprint density at radius 3 is 2.70 bits per heavy atom. The molecule has 1 aliphatic rings. The lowest BCUT2D eigenvalue weighted by molar-refractivity contribution is -0.141. The van der Waals surface area contributed by atoms with Crippen molar-refractivity contribution in [1.82, 2.24) is 4.90 Å². The number of carboxylic acid groups (broad SMARTS) is 1. The van der Waals surface area contributed by atoms with Crippen LogP contribution < -0.4 is 5.32 Å². The van der Waals surface area contributed by atoms with E-state index in [4.69, 9.17) is 28.3 Å². The van der Waals surface area contributed by atoms with Crippen LogP contribution >= 0.6 is 23.2 Å². The molecule has 108 valence electrons. The maximum absolute atomic E-state index is 12.1. The fourth-order valence-electron chi connectivity index (χ4n) is 2.20. The van der Waals surface area contributed by atoms with Gasteiger partial charge in [0.1, 0.15) is 6.04 Å². The summed E-state index contributed by atoms with van der Waals surface area (Å²) in [6.07, 6.45) is 1.14. The van der Waals surface area contributed by atoms with Crippen LogP contribution in [0.1, 0.15) is 18.4 Å². The normalized spacial score (nSPS) is 18.1. The van der Waals surface area contributed by atoms with Crippen LogP contribution in [0.5, 0.6) is 0 Å². The highest BCUT2D eigenvalue weighted by atomic mass is 35.5. The van der Waals surface area contributed by atoms with E-state index in [1.54, 1.807) is 19.1 Å². The minimum atomic E-state index is -0.995. The zero-order valence-corrected chi connectivity index (χ0v) is 12.3. The summed E-state index contributed by atoms with van der Waals surface area (Å²) in [5.41, 5.74) is 1.18. The number of urea groups is 1. The molecule has 1 aromatic carbocycles. The minimum absolute atomic E-state index is 0.367. The van der Waals surface area contributed by atoms with E-state index in [0.29, 0.717) is 35.1 Å². The average Bonchev–Trinajstić information content (AvgIpc) is 2.85. The van der Waals surface area contributed by atoms with Crippen molar-refractivity contribution in [3.63, 3.8) is 0 Å². The standard InChI is InChI=1S/C13H14Cl2N2O3/c1-7-5-9(15)10(6-8(7)14)16-13(20)17-4-2-3-11(17)12(18)19/h5-6,11H,2-4H2,1H3,(H,16,20)(H,18,19)/t11-/m1/s1. The summed E-state index contributed by atoms with van der Waals surface area (Å²) in [5.74, 6) is -0.995. The molecule has 5 nitrogen and oxygen atoms in total. The lowest BCUT2D eigenvalue weighted by Crippen LogP contribution is -2.42. The summed E-state index contributed by atoms with van der Waals surface area (Å²) in [7, 11) is 0. The Hall–Kier alpha value is -1.46. The number of rotatable bonds is 2. The number of carboxylic acids is 1. The Morgan fingerprint density at radius 1 is 1.35 bits per heavy atom. The fraction of sp³-hybridized carbons (Fsp3) is 0.385. The Kier molecular flexibility index (Phi) is 4.40. The van der Waals surface area contributed by atoms with Crippen molar-refractivity contribution >= 4 is 40.9 Å². The zero-order valence-electron chi connectivity index (χ0n) is 10.8. The molecule has 1 saturated heterocycles. The predicted molar refractivity (Wildman–Crippen MR) is 77.6 cm³/mol. The van der Waals surface area contributed by atoms with Gasteiger partial charge in [-0.15, -0.1) is 0 Å². The second kappa shape index (κ2) is 5.89. The van der Waals surface area contributed by atoms with Crippen LogP contribution in [0.25, 0.3) is 0 Å². The second-order valence-corrected chi connectivity index (χ2v) is 5.52. The van der Waals surface area contributed by atoms with Crippen molar-refractivity contribution in [3.05, 3.63) is 27.7 Å². The molecule has 20 heavy (non-hydrogen) atoms. The quantitative estimate of drug-likeness (QED) is 0.878. The average molecular weight is 317 g/mol. The molecular weight excluding hydrogens is 303 g/mol. The lowest BCUT2D eigenvalue weighted by atomic mass is 10.2. The predicted octanol–water partition coefficient (Wildman–Crippen LogP) is 3.38. The van der Waals surface area contributed by atoms with Gasteiger partial charge in [0.05, 0.1) is 10.7 Å². The molecule has 2 amide bonds. The molecule has 0 spiro atoms. The highest BCUT2D eigenvalue weighted by molar-refractivity contribution is 6.36. The molecule has 1 heterocycles. The molecule has 1 fully saturated rings. The summed E-state index contributed by atoms with van der Waals surface area (Å²) in [6.45, 7) is 2.22. The molecule has 0 saturated carbocycles. The third-order valence-electron chi connectivity index (χ3n) is 3.29. The van der Waals surface area contributed by atoms with Crippen molar-refractivity contribution in [1.29, 1.82) is 0 Å². The fourth-order valence-corrected chi connectivity index (χ4v) is 2.62. The summed E-state index contributed by atoms with van der Waals surface area (Å²) < 4.78 is 0. The number of carbonyl (C=O) groups is 2. The molecule has 1 aromatic rings. The van der Waals surface area contributed by atoms with Gasteiger partial charge in [-0.2, -0.15) is 0 Å². The largest absolute Gasteiger partial charge is 0.480 e. The number of nitrogens with one attached hydrogen (secondary N) is 1. The van der Waals surface area contributed by atoms with Crippen LogP contribution in [0.15, 0.2) is 12.1 Å². The molecule has 1 atom stereocenters. The Bertz CT molecular complexity index is 563. The number of hydrogen-bond donors (Lipinski definition) is 2. The first-order valence-electron chi connectivity index (χ1n) is 6.16. The summed E-state index contributed by atoms with van der Waals surface area (Å²) in [5, 5.41) is 12.5. The second-order valence-electron chi connectivity index (χ2n) is 4.70. The molecule has 0 bridgehead atoms. The van der Waals surface area contributed by atoms with Gasteiger partial charge in [0.2, 0.25) is 0 Å². The first-order chi connectivity index (χ1) is 9.40. The van der Waals surface area contributed by atoms with Crippen molar-refractivity contribution in [3.8, 4) is 0 Å². The minimum Gasteiger partial charge on any atom is -0.480 e. The van der Waals surface area contributed by atoms with Crippen LogP contribution in [0.3, 0.4) is 0 Å². The van der Waals surface area contributed by atoms with E-state index in [-0.39, 0.29) is 0 Å². The Balaban J connectivity index is 2.16. The first kappa shape index (κ1) is 14.9. The number of hydrogen-bond acceptors (Lipinski definition) is 2. The molecule has 2 N–H and O–H groups in total. The van der Waals surface area contributed by atoms with Gasteiger partial charge >= 0.3 is 12.0 Å². The number of aliphatic carboxylic acids is 1. The SMILES string of the molecule is Cc1cc(Cl)c(NC(=O)N2CCC[C@@H]2C(=O)O)cc1Cl. The van der Waals surface area contributed by atoms with Crippen LogP contribution in [-0.4, -0.2) is 34.6 Å². The van der Waals surface area contributed by atoms with Gasteiger partial charge in [0, 0.05) is 11.6 Å². The molecule has 0 unspecified atom stereocenters. The highest BCUT2D eigenvalue weighted by Crippen LogP contribution is 2.29. The van der Waals surface area contributed by atoms with Crippen LogP contribution in [0.4, 0.5) is 10.5 Å². The number of nitrogens with zero attached hydrogens (tertiary/aromatic N) is 1. The molecule has 2 rings (SSSR count). The Labute approximate surface area is 126 Å². The number of halogens is 2. The number of anilines is 1. The maximum Gasteiger partial charge on any atom is 0.326 e. The van der Waals surface area contributed by atoms with E-state index in [9.17, 15) is 9.59 Å². The monoisotopic (exact) mass is 316 g/mol. The number of benzene rings is 1. The van der Waals surface area contributed by atoms with Crippen molar-refractivity contribution in [2.24, 2.45) is 0 Å². The third-order valence-corrected chi connectivity index (χ3v) is 4.01. The summed E-state index contributed by atoms with van der Waals surface area (Å²) >= 11 is 12.0. The number of carbonyl (C=O) groups excluding carboxylic acids is 1.